The topological polar surface area (TPSA) is 31.2 Å². The first-order valence-electron chi connectivity index (χ1n) is 8.89. The largest absolute Gasteiger partial charge is 0.383 e. The highest BCUT2D eigenvalue weighted by Crippen LogP contribution is 2.34. The molecule has 1 aromatic carbocycles. The van der Waals surface area contributed by atoms with Crippen LogP contribution in [0.2, 0.25) is 5.02 Å². The standard InChI is InChI=1S/C21H24ClNO2S/c1-5-13(2)16-7-6-8-17(19(16)22)20(24)18-12-15-11-14(3)23(9-10-25-4)21(15)26-18/h6-8,11-13H,5,9-10H2,1-4H3. The van der Waals surface area contributed by atoms with Crippen molar-refractivity contribution in [3.05, 3.63) is 57.1 Å². The summed E-state index contributed by atoms with van der Waals surface area (Å²) >= 11 is 8.11. The van der Waals surface area contributed by atoms with Gasteiger partial charge in [-0.2, -0.15) is 0 Å². The maximum Gasteiger partial charge on any atom is 0.204 e. The Bertz CT molecular complexity index is 941. The Labute approximate surface area is 163 Å². The molecule has 0 radical (unpaired) electrons. The van der Waals surface area contributed by atoms with Gasteiger partial charge in [0.1, 0.15) is 4.83 Å². The third kappa shape index (κ3) is 3.46. The Morgan fingerprint density at radius 1 is 1.35 bits per heavy atom. The number of ketones is 1. The summed E-state index contributed by atoms with van der Waals surface area (Å²) in [5.41, 5.74) is 2.81. The lowest BCUT2D eigenvalue weighted by molar-refractivity contribution is 0.104. The van der Waals surface area contributed by atoms with E-state index in [4.69, 9.17) is 16.3 Å². The van der Waals surface area contributed by atoms with Gasteiger partial charge < -0.3 is 9.30 Å². The van der Waals surface area contributed by atoms with E-state index in [9.17, 15) is 4.79 Å². The fourth-order valence-corrected chi connectivity index (χ4v) is 4.78. The first kappa shape index (κ1) is 19.2. The smallest absolute Gasteiger partial charge is 0.204 e. The quantitative estimate of drug-likeness (QED) is 0.460. The number of carbonyl (C=O) groups is 1. The van der Waals surface area contributed by atoms with E-state index in [0.717, 1.165) is 33.6 Å². The van der Waals surface area contributed by atoms with Crippen LogP contribution in [-0.4, -0.2) is 24.1 Å². The SMILES string of the molecule is CCC(C)c1cccc(C(=O)c2cc3cc(C)n(CCOC)c3s2)c1Cl. The Morgan fingerprint density at radius 2 is 2.12 bits per heavy atom. The molecule has 3 aromatic rings. The minimum Gasteiger partial charge on any atom is -0.383 e. The number of aryl methyl sites for hydroxylation is 1. The predicted molar refractivity (Wildman–Crippen MR) is 110 cm³/mol. The second kappa shape index (κ2) is 7.95. The average Bonchev–Trinajstić information content (AvgIpc) is 3.16. The lowest BCUT2D eigenvalue weighted by Gasteiger charge is -2.13. The van der Waals surface area contributed by atoms with E-state index >= 15 is 0 Å². The molecule has 26 heavy (non-hydrogen) atoms. The molecule has 0 spiro atoms. The van der Waals surface area contributed by atoms with Crippen LogP contribution in [0, 0.1) is 6.92 Å². The third-order valence-corrected chi connectivity index (χ3v) is 6.53. The van der Waals surface area contributed by atoms with Gasteiger partial charge in [0, 0.05) is 30.3 Å². The van der Waals surface area contributed by atoms with Crippen LogP contribution in [-0.2, 0) is 11.3 Å². The van der Waals surface area contributed by atoms with Crippen LogP contribution in [0.3, 0.4) is 0 Å². The first-order chi connectivity index (χ1) is 12.5. The van der Waals surface area contributed by atoms with Gasteiger partial charge >= 0.3 is 0 Å². The number of hydrogen-bond acceptors (Lipinski definition) is 3. The van der Waals surface area contributed by atoms with Crippen molar-refractivity contribution in [1.29, 1.82) is 0 Å². The molecule has 3 nitrogen and oxygen atoms in total. The Kier molecular flexibility index (Phi) is 5.86. The van der Waals surface area contributed by atoms with E-state index in [1.165, 1.54) is 17.0 Å². The van der Waals surface area contributed by atoms with E-state index < -0.39 is 0 Å². The molecule has 5 heteroatoms. The van der Waals surface area contributed by atoms with Crippen molar-refractivity contribution < 1.29 is 9.53 Å². The fraction of sp³-hybridized carbons (Fsp3) is 0.381. The molecule has 1 unspecified atom stereocenters. The van der Waals surface area contributed by atoms with Crippen LogP contribution in [0.25, 0.3) is 10.2 Å². The summed E-state index contributed by atoms with van der Waals surface area (Å²) in [4.78, 5) is 14.9. The fourth-order valence-electron chi connectivity index (χ4n) is 3.20. The van der Waals surface area contributed by atoms with Crippen LogP contribution in [0.4, 0.5) is 0 Å². The molecule has 0 aliphatic rings. The number of thiophene rings is 1. The van der Waals surface area contributed by atoms with Crippen molar-refractivity contribution in [2.75, 3.05) is 13.7 Å². The number of benzene rings is 1. The molecule has 0 aliphatic carbocycles. The summed E-state index contributed by atoms with van der Waals surface area (Å²) in [7, 11) is 1.70. The first-order valence-corrected chi connectivity index (χ1v) is 10.1. The summed E-state index contributed by atoms with van der Waals surface area (Å²) in [5.74, 6) is 0.330. The van der Waals surface area contributed by atoms with Crippen molar-refractivity contribution in [3.8, 4) is 0 Å². The van der Waals surface area contributed by atoms with E-state index in [2.05, 4.69) is 31.4 Å². The predicted octanol–water partition coefficient (Wildman–Crippen LogP) is 6.06. The van der Waals surface area contributed by atoms with Gasteiger partial charge in [-0.25, -0.2) is 0 Å². The van der Waals surface area contributed by atoms with Crippen LogP contribution in [0.15, 0.2) is 30.3 Å². The zero-order chi connectivity index (χ0) is 18.8. The third-order valence-electron chi connectivity index (χ3n) is 4.93. The molecular formula is C21H24ClNO2S. The van der Waals surface area contributed by atoms with E-state index in [0.29, 0.717) is 23.1 Å². The summed E-state index contributed by atoms with van der Waals surface area (Å²) in [6, 6.07) is 9.86. The van der Waals surface area contributed by atoms with Gasteiger partial charge in [0.25, 0.3) is 0 Å². The number of fused-ring (bicyclic) bond motifs is 1. The van der Waals surface area contributed by atoms with Gasteiger partial charge in [-0.1, -0.05) is 37.6 Å². The highest BCUT2D eigenvalue weighted by atomic mass is 35.5. The van der Waals surface area contributed by atoms with Crippen molar-refractivity contribution in [2.45, 2.75) is 39.7 Å². The zero-order valence-electron chi connectivity index (χ0n) is 15.6. The number of rotatable bonds is 7. The molecule has 3 rings (SSSR count). The lowest BCUT2D eigenvalue weighted by atomic mass is 9.95. The van der Waals surface area contributed by atoms with Crippen molar-refractivity contribution in [1.82, 2.24) is 4.57 Å². The molecule has 0 N–H and O–H groups in total. The van der Waals surface area contributed by atoms with Crippen LogP contribution in [0.1, 0.15) is 52.7 Å². The van der Waals surface area contributed by atoms with Gasteiger partial charge in [0.15, 0.2) is 0 Å². The monoisotopic (exact) mass is 389 g/mol. The number of methoxy groups -OCH3 is 1. The number of ether oxygens (including phenoxy) is 1. The van der Waals surface area contributed by atoms with Gasteiger partial charge in [0.05, 0.1) is 16.5 Å². The summed E-state index contributed by atoms with van der Waals surface area (Å²) in [6.45, 7) is 7.77. The molecule has 2 aromatic heterocycles. The normalized spacial score (nSPS) is 12.7. The van der Waals surface area contributed by atoms with E-state index in [1.807, 2.05) is 24.3 Å². The minimum absolute atomic E-state index is 0.00250. The molecule has 138 valence electrons. The molecule has 1 atom stereocenters. The number of halogens is 1. The number of carbonyl (C=O) groups excluding carboxylic acids is 1. The van der Waals surface area contributed by atoms with Crippen LogP contribution in [0.5, 0.6) is 0 Å². The second-order valence-electron chi connectivity index (χ2n) is 6.65. The lowest BCUT2D eigenvalue weighted by Crippen LogP contribution is -2.05. The molecule has 0 saturated heterocycles. The average molecular weight is 390 g/mol. The minimum atomic E-state index is -0.00250. The molecular weight excluding hydrogens is 366 g/mol. The van der Waals surface area contributed by atoms with Gasteiger partial charge in [-0.3, -0.25) is 4.79 Å². The summed E-state index contributed by atoms with van der Waals surface area (Å²) in [6.07, 6.45) is 0.989. The molecule has 0 fully saturated rings. The van der Waals surface area contributed by atoms with Gasteiger partial charge in [-0.05, 0) is 43.0 Å². The highest BCUT2D eigenvalue weighted by Gasteiger charge is 2.20. The highest BCUT2D eigenvalue weighted by molar-refractivity contribution is 7.20. The Balaban J connectivity index is 1.99. The van der Waals surface area contributed by atoms with Crippen molar-refractivity contribution in [2.24, 2.45) is 0 Å². The van der Waals surface area contributed by atoms with Crippen LogP contribution < -0.4 is 0 Å². The Morgan fingerprint density at radius 3 is 2.81 bits per heavy atom. The maximum absolute atomic E-state index is 13.1. The van der Waals surface area contributed by atoms with Gasteiger partial charge in [-0.15, -0.1) is 11.3 Å². The van der Waals surface area contributed by atoms with Gasteiger partial charge in [0.2, 0.25) is 5.78 Å². The summed E-state index contributed by atoms with van der Waals surface area (Å²) < 4.78 is 7.41. The van der Waals surface area contributed by atoms with E-state index in [-0.39, 0.29) is 5.78 Å². The zero-order valence-corrected chi connectivity index (χ0v) is 17.2. The molecule has 0 saturated carbocycles. The molecule has 0 bridgehead atoms. The molecule has 0 aliphatic heterocycles. The van der Waals surface area contributed by atoms with Crippen LogP contribution >= 0.6 is 22.9 Å². The molecule has 2 heterocycles. The summed E-state index contributed by atoms with van der Waals surface area (Å²) in [5, 5.41) is 1.68. The Hall–Kier alpha value is -1.62. The second-order valence-corrected chi connectivity index (χ2v) is 8.06. The number of aromatic nitrogens is 1. The number of hydrogen-bond donors (Lipinski definition) is 0. The van der Waals surface area contributed by atoms with E-state index in [1.54, 1.807) is 7.11 Å². The number of nitrogens with zero attached hydrogens (tertiary/aromatic N) is 1. The van der Waals surface area contributed by atoms with Crippen molar-refractivity contribution in [3.63, 3.8) is 0 Å². The van der Waals surface area contributed by atoms with Crippen molar-refractivity contribution >= 4 is 38.9 Å². The molecule has 0 amide bonds. The maximum atomic E-state index is 13.1.